The van der Waals surface area contributed by atoms with Crippen LogP contribution in [0.1, 0.15) is 12.0 Å². The molecule has 4 rings (SSSR count). The molecule has 0 heterocycles. The van der Waals surface area contributed by atoms with E-state index >= 15 is 0 Å². The minimum absolute atomic E-state index is 0. The molecule has 0 N–H and O–H groups in total. The molecular weight excluding hydrogens is 531 g/mol. The largest absolute Gasteiger partial charge is 0.273 e. The third-order valence-corrected chi connectivity index (χ3v) is 6.72. The number of hydrogen-bond acceptors (Lipinski definition) is 0. The van der Waals surface area contributed by atoms with Crippen LogP contribution in [0.5, 0.6) is 0 Å². The Morgan fingerprint density at radius 3 is 2.06 bits per heavy atom. The van der Waals surface area contributed by atoms with E-state index in [1.54, 1.807) is 23.3 Å². The fourth-order valence-corrected chi connectivity index (χ4v) is 4.34. The summed E-state index contributed by atoms with van der Waals surface area (Å²) < 4.78 is 0. The molecular formula is C26H34Cl2Si2Zr. The van der Waals surface area contributed by atoms with Gasteiger partial charge in [0.2, 0.25) is 0 Å². The standard InChI is InChI=1S/C19H21Si.C5H5.C2H6Si.2ClH.Zr/c1-14-8-9-16-6-5-7-18(19(14)16)15-10-12-17(13-11-15)20(2,3)4;1-2-4-5-3-1;1-3-2;;;/h5-13H,1-4H3;1-3H,4H2;1-2H3;2*1H;/q2*-1;;;;+2. The first-order chi connectivity index (χ1) is 13.7. The van der Waals surface area contributed by atoms with Crippen molar-refractivity contribution in [1.29, 1.82) is 0 Å². The van der Waals surface area contributed by atoms with Crippen molar-refractivity contribution >= 4 is 54.3 Å². The average molecular weight is 565 g/mol. The second-order valence-electron chi connectivity index (χ2n) is 8.62. The molecule has 0 spiro atoms. The first-order valence-electron chi connectivity index (χ1n) is 10.2. The van der Waals surface area contributed by atoms with Crippen LogP contribution in [0.3, 0.4) is 0 Å². The van der Waals surface area contributed by atoms with Crippen LogP contribution in [-0.4, -0.2) is 13.5 Å². The summed E-state index contributed by atoms with van der Waals surface area (Å²) >= 11 is 1.74. The predicted molar refractivity (Wildman–Crippen MR) is 146 cm³/mol. The van der Waals surface area contributed by atoms with Crippen LogP contribution in [-0.2, 0) is 23.3 Å². The summed E-state index contributed by atoms with van der Waals surface area (Å²) in [5, 5.41) is 4.26. The number of hydrogen-bond donors (Lipinski definition) is 0. The molecule has 0 saturated heterocycles. The van der Waals surface area contributed by atoms with Crippen LogP contribution in [0.15, 0.2) is 72.8 Å². The number of allylic oxidation sites excluding steroid dienone is 4. The molecule has 0 saturated carbocycles. The number of rotatable bonds is 2. The van der Waals surface area contributed by atoms with Gasteiger partial charge in [0, 0.05) is 0 Å². The van der Waals surface area contributed by atoms with Gasteiger partial charge in [-0.15, -0.1) is 60.2 Å². The SMILES string of the molecule is C[Si](C)=[Zr+2].Cc1c[cH-]c2cccc(-c3ccc([Si](C)(C)C)cc3)c12.Cl.Cl.[C-]1=CC=CC1. The molecule has 1 aliphatic carbocycles. The Labute approximate surface area is 217 Å². The fourth-order valence-electron chi connectivity index (χ4n) is 3.18. The Kier molecular flexibility index (Phi) is 14.3. The molecule has 3 aromatic carbocycles. The predicted octanol–water partition coefficient (Wildman–Crippen LogP) is 8.01. The second-order valence-corrected chi connectivity index (χ2v) is 23.1. The molecule has 5 heteroatoms. The molecule has 0 fully saturated rings. The molecule has 0 aromatic heterocycles. The van der Waals surface area contributed by atoms with Gasteiger partial charge < -0.3 is 0 Å². The van der Waals surface area contributed by atoms with Gasteiger partial charge in [0.1, 0.15) is 0 Å². The van der Waals surface area contributed by atoms with Gasteiger partial charge >= 0.3 is 41.9 Å². The maximum absolute atomic E-state index is 2.99. The van der Waals surface area contributed by atoms with Crippen LogP contribution in [0, 0.1) is 13.0 Å². The molecule has 0 bridgehead atoms. The van der Waals surface area contributed by atoms with Gasteiger partial charge in [0.15, 0.2) is 0 Å². The van der Waals surface area contributed by atoms with E-state index in [4.69, 9.17) is 0 Å². The Morgan fingerprint density at radius 2 is 1.61 bits per heavy atom. The van der Waals surface area contributed by atoms with Crippen LogP contribution in [0.25, 0.3) is 21.9 Å². The van der Waals surface area contributed by atoms with Crippen molar-refractivity contribution in [3.8, 4) is 11.1 Å². The first kappa shape index (κ1) is 30.4. The average Bonchev–Trinajstić information content (AvgIpc) is 3.35. The molecule has 3 aromatic rings. The zero-order chi connectivity index (χ0) is 21.4. The Balaban J connectivity index is 0.000000691. The van der Waals surface area contributed by atoms with Gasteiger partial charge in [0.25, 0.3) is 0 Å². The van der Waals surface area contributed by atoms with E-state index in [1.807, 2.05) is 12.2 Å². The summed E-state index contributed by atoms with van der Waals surface area (Å²) in [6.07, 6.45) is 10.0. The minimum Gasteiger partial charge on any atom is -0.273 e. The summed E-state index contributed by atoms with van der Waals surface area (Å²) in [5.74, 6) is 0. The second kappa shape index (κ2) is 14.5. The summed E-state index contributed by atoms with van der Waals surface area (Å²) in [4.78, 5) is 0. The van der Waals surface area contributed by atoms with Crippen molar-refractivity contribution in [2.45, 2.75) is 46.1 Å². The summed E-state index contributed by atoms with van der Waals surface area (Å²) in [6.45, 7) is 14.0. The van der Waals surface area contributed by atoms with Crippen LogP contribution in [0.2, 0.25) is 32.7 Å². The number of fused-ring (bicyclic) bond motifs is 1. The fraction of sp³-hybridized carbons (Fsp3) is 0.269. The summed E-state index contributed by atoms with van der Waals surface area (Å²) in [6, 6.07) is 20.2. The Hall–Kier alpha value is -0.573. The van der Waals surface area contributed by atoms with Gasteiger partial charge in [-0.3, -0.25) is 6.08 Å². The first-order valence-corrected chi connectivity index (χ1v) is 19.9. The van der Waals surface area contributed by atoms with Crippen molar-refractivity contribution in [3.05, 3.63) is 84.5 Å². The summed E-state index contributed by atoms with van der Waals surface area (Å²) in [5.41, 5.74) is 4.26. The molecule has 0 atom stereocenters. The number of aryl methyl sites for hydroxylation is 1. The van der Waals surface area contributed by atoms with Crippen molar-refractivity contribution in [2.75, 3.05) is 0 Å². The Bertz CT molecular complexity index is 996. The summed E-state index contributed by atoms with van der Waals surface area (Å²) in [7, 11) is -1.21. The van der Waals surface area contributed by atoms with Crippen molar-refractivity contribution in [3.63, 3.8) is 0 Å². The molecule has 0 aliphatic heterocycles. The van der Waals surface area contributed by atoms with E-state index in [1.165, 1.54) is 32.6 Å². The smallest absolute Gasteiger partial charge is 0.0775 e. The third-order valence-electron chi connectivity index (χ3n) is 4.65. The van der Waals surface area contributed by atoms with Gasteiger partial charge in [-0.1, -0.05) is 67.6 Å². The molecule has 31 heavy (non-hydrogen) atoms. The van der Waals surface area contributed by atoms with E-state index < -0.39 is 8.07 Å². The molecule has 0 unspecified atom stereocenters. The van der Waals surface area contributed by atoms with E-state index in [0.29, 0.717) is 0 Å². The molecule has 0 nitrogen and oxygen atoms in total. The topological polar surface area (TPSA) is 0 Å². The molecule has 0 radical (unpaired) electrons. The van der Waals surface area contributed by atoms with E-state index in [9.17, 15) is 0 Å². The minimum atomic E-state index is -1.21. The van der Waals surface area contributed by atoms with Gasteiger partial charge in [-0.25, -0.2) is 12.2 Å². The van der Waals surface area contributed by atoms with Crippen molar-refractivity contribution in [2.24, 2.45) is 0 Å². The third kappa shape index (κ3) is 9.84. The van der Waals surface area contributed by atoms with E-state index in [0.717, 1.165) is 6.42 Å². The molecule has 1 aliphatic rings. The molecule has 0 amide bonds. The molecule has 164 valence electrons. The van der Waals surface area contributed by atoms with Crippen molar-refractivity contribution < 1.29 is 23.3 Å². The normalized spacial score (nSPS) is 11.5. The zero-order valence-electron chi connectivity index (χ0n) is 19.5. The maximum Gasteiger partial charge on any atom is 0.0775 e. The van der Waals surface area contributed by atoms with E-state index in [-0.39, 0.29) is 30.2 Å². The van der Waals surface area contributed by atoms with Gasteiger partial charge in [-0.2, -0.15) is 17.7 Å². The van der Waals surface area contributed by atoms with Crippen LogP contribution in [0.4, 0.5) is 0 Å². The quantitative estimate of drug-likeness (QED) is 0.218. The number of halogens is 2. The van der Waals surface area contributed by atoms with Crippen LogP contribution < -0.4 is 5.19 Å². The number of benzene rings is 2. The van der Waals surface area contributed by atoms with Crippen LogP contribution >= 0.6 is 24.8 Å². The van der Waals surface area contributed by atoms with Gasteiger partial charge in [-0.05, 0) is 5.56 Å². The van der Waals surface area contributed by atoms with E-state index in [2.05, 4.69) is 106 Å². The van der Waals surface area contributed by atoms with Gasteiger partial charge in [0.05, 0.1) is 8.07 Å². The maximum atomic E-state index is 2.99. The van der Waals surface area contributed by atoms with Crippen molar-refractivity contribution in [1.82, 2.24) is 0 Å². The monoisotopic (exact) mass is 562 g/mol. The zero-order valence-corrected chi connectivity index (χ0v) is 25.5. The Morgan fingerprint density at radius 1 is 1.00 bits per heavy atom.